The van der Waals surface area contributed by atoms with Crippen LogP contribution in [0.1, 0.15) is 18.6 Å². The van der Waals surface area contributed by atoms with Crippen molar-refractivity contribution in [1.82, 2.24) is 0 Å². The van der Waals surface area contributed by atoms with Crippen LogP contribution >= 0.6 is 0 Å². The maximum atomic E-state index is 12.6. The number of rotatable bonds is 2. The van der Waals surface area contributed by atoms with Crippen molar-refractivity contribution >= 4 is 5.97 Å². The molecule has 1 N–H and O–H groups in total. The van der Waals surface area contributed by atoms with E-state index in [2.05, 4.69) is 16.6 Å². The third kappa shape index (κ3) is 3.71. The van der Waals surface area contributed by atoms with Gasteiger partial charge in [0.05, 0.1) is 6.61 Å². The number of hydrogen-bond acceptors (Lipinski definition) is 3. The van der Waals surface area contributed by atoms with Crippen molar-refractivity contribution in [2.75, 3.05) is 6.61 Å². The molecule has 0 saturated carbocycles. The smallest absolute Gasteiger partial charge is 0.384 e. The van der Waals surface area contributed by atoms with Crippen LogP contribution in [-0.2, 0) is 9.53 Å². The van der Waals surface area contributed by atoms with E-state index in [1.54, 1.807) is 6.92 Å². The van der Waals surface area contributed by atoms with Crippen LogP contribution in [0.4, 0.5) is 4.39 Å². The van der Waals surface area contributed by atoms with Crippen molar-refractivity contribution in [1.29, 1.82) is 0 Å². The Morgan fingerprint density at radius 1 is 1.50 bits per heavy atom. The van der Waals surface area contributed by atoms with Gasteiger partial charge in [-0.3, -0.25) is 0 Å². The van der Waals surface area contributed by atoms with Gasteiger partial charge in [-0.1, -0.05) is 18.1 Å². The minimum absolute atomic E-state index is 0.236. The predicted octanol–water partition coefficient (Wildman–Crippen LogP) is 1.43. The van der Waals surface area contributed by atoms with Crippen LogP contribution in [0.5, 0.6) is 0 Å². The number of carbonyl (C=O) groups is 1. The lowest BCUT2D eigenvalue weighted by Crippen LogP contribution is -2.01. The van der Waals surface area contributed by atoms with E-state index >= 15 is 0 Å². The topological polar surface area (TPSA) is 46.5 Å². The average Bonchev–Trinajstić information content (AvgIpc) is 2.27. The third-order valence-electron chi connectivity index (χ3n) is 1.77. The molecule has 0 aliphatic carbocycles. The lowest BCUT2D eigenvalue weighted by Gasteiger charge is -2.02. The highest BCUT2D eigenvalue weighted by Crippen LogP contribution is 2.11. The molecule has 1 atom stereocenters. The molecule has 0 heterocycles. The summed E-state index contributed by atoms with van der Waals surface area (Å²) in [4.78, 5) is 10.9. The SMILES string of the molecule is CCOC(=O)C#CC(O)c1ccc(F)cc1. The Balaban J connectivity index is 2.68. The number of halogens is 1. The molecule has 16 heavy (non-hydrogen) atoms. The van der Waals surface area contributed by atoms with Crippen molar-refractivity contribution < 1.29 is 19.0 Å². The van der Waals surface area contributed by atoms with E-state index in [1.165, 1.54) is 24.3 Å². The molecule has 0 bridgehead atoms. The monoisotopic (exact) mass is 222 g/mol. The quantitative estimate of drug-likeness (QED) is 0.467. The molecule has 0 saturated heterocycles. The van der Waals surface area contributed by atoms with E-state index in [1.807, 2.05) is 0 Å². The minimum Gasteiger partial charge on any atom is -0.456 e. The van der Waals surface area contributed by atoms with Crippen LogP contribution in [0.2, 0.25) is 0 Å². The number of hydrogen-bond donors (Lipinski definition) is 1. The van der Waals surface area contributed by atoms with Gasteiger partial charge in [0.1, 0.15) is 11.9 Å². The highest BCUT2D eigenvalue weighted by atomic mass is 19.1. The molecule has 0 fully saturated rings. The van der Waals surface area contributed by atoms with Gasteiger partial charge < -0.3 is 9.84 Å². The number of aliphatic hydroxyl groups is 1. The summed E-state index contributed by atoms with van der Waals surface area (Å²) in [5.41, 5.74) is 0.429. The first-order valence-electron chi connectivity index (χ1n) is 4.75. The molecule has 1 aromatic carbocycles. The van der Waals surface area contributed by atoms with Crippen LogP contribution in [-0.4, -0.2) is 17.7 Å². The second-order valence-corrected chi connectivity index (χ2v) is 2.94. The zero-order chi connectivity index (χ0) is 12.0. The molecule has 0 spiro atoms. The molecular weight excluding hydrogens is 211 g/mol. The molecule has 1 unspecified atom stereocenters. The van der Waals surface area contributed by atoms with Gasteiger partial charge in [-0.25, -0.2) is 9.18 Å². The molecule has 0 radical (unpaired) electrons. The van der Waals surface area contributed by atoms with E-state index in [0.717, 1.165) is 0 Å². The fourth-order valence-corrected chi connectivity index (χ4v) is 1.02. The zero-order valence-corrected chi connectivity index (χ0v) is 8.74. The number of benzene rings is 1. The van der Waals surface area contributed by atoms with Crippen LogP contribution < -0.4 is 0 Å². The first-order chi connectivity index (χ1) is 7.63. The van der Waals surface area contributed by atoms with Gasteiger partial charge in [0.15, 0.2) is 0 Å². The Labute approximate surface area is 92.9 Å². The van der Waals surface area contributed by atoms with Gasteiger partial charge in [-0.15, -0.1) is 0 Å². The second-order valence-electron chi connectivity index (χ2n) is 2.94. The summed E-state index contributed by atoms with van der Waals surface area (Å²) in [5, 5.41) is 9.52. The van der Waals surface area contributed by atoms with Gasteiger partial charge in [0.2, 0.25) is 0 Å². The van der Waals surface area contributed by atoms with E-state index in [-0.39, 0.29) is 6.61 Å². The summed E-state index contributed by atoms with van der Waals surface area (Å²) in [6.07, 6.45) is -1.12. The van der Waals surface area contributed by atoms with Gasteiger partial charge in [-0.2, -0.15) is 0 Å². The van der Waals surface area contributed by atoms with E-state index in [9.17, 15) is 14.3 Å². The van der Waals surface area contributed by atoms with Crippen molar-refractivity contribution in [3.8, 4) is 11.8 Å². The van der Waals surface area contributed by atoms with E-state index < -0.39 is 17.9 Å². The highest BCUT2D eigenvalue weighted by molar-refractivity contribution is 5.88. The van der Waals surface area contributed by atoms with Gasteiger partial charge in [0, 0.05) is 5.92 Å². The molecule has 0 aliphatic rings. The summed E-state index contributed by atoms with van der Waals surface area (Å²) in [6.45, 7) is 1.90. The van der Waals surface area contributed by atoms with Crippen molar-refractivity contribution in [2.45, 2.75) is 13.0 Å². The van der Waals surface area contributed by atoms with Gasteiger partial charge >= 0.3 is 5.97 Å². The van der Waals surface area contributed by atoms with Crippen molar-refractivity contribution in [3.63, 3.8) is 0 Å². The maximum absolute atomic E-state index is 12.6. The first kappa shape index (κ1) is 12.2. The fourth-order valence-electron chi connectivity index (χ4n) is 1.02. The molecule has 3 nitrogen and oxygen atoms in total. The summed E-state index contributed by atoms with van der Waals surface area (Å²) in [5.74, 6) is 3.37. The average molecular weight is 222 g/mol. The van der Waals surface area contributed by atoms with Crippen LogP contribution in [0.25, 0.3) is 0 Å². The fraction of sp³-hybridized carbons (Fsp3) is 0.250. The number of esters is 1. The van der Waals surface area contributed by atoms with Crippen molar-refractivity contribution in [3.05, 3.63) is 35.6 Å². The Bertz CT molecular complexity index is 414. The third-order valence-corrected chi connectivity index (χ3v) is 1.77. The number of ether oxygens (including phenoxy) is 1. The molecule has 0 aromatic heterocycles. The largest absolute Gasteiger partial charge is 0.456 e. The summed E-state index contributed by atoms with van der Waals surface area (Å²) in [7, 11) is 0. The second kappa shape index (κ2) is 5.89. The summed E-state index contributed by atoms with van der Waals surface area (Å²) in [6, 6.07) is 5.23. The number of carbonyl (C=O) groups excluding carboxylic acids is 1. The van der Waals surface area contributed by atoms with Crippen molar-refractivity contribution in [2.24, 2.45) is 0 Å². The lowest BCUT2D eigenvalue weighted by molar-refractivity contribution is -0.136. The van der Waals surface area contributed by atoms with Crippen LogP contribution in [0.3, 0.4) is 0 Å². The molecule has 0 amide bonds. The van der Waals surface area contributed by atoms with Gasteiger partial charge in [-0.05, 0) is 24.6 Å². The standard InChI is InChI=1S/C12H11FO3/c1-2-16-12(15)8-7-11(14)9-3-5-10(13)6-4-9/h3-6,11,14H,2H2,1H3. The summed E-state index contributed by atoms with van der Waals surface area (Å²) < 4.78 is 17.1. The normalized spacial score (nSPS) is 11.2. The Kier molecular flexibility index (Phi) is 4.49. The maximum Gasteiger partial charge on any atom is 0.384 e. The molecule has 84 valence electrons. The lowest BCUT2D eigenvalue weighted by atomic mass is 10.1. The van der Waals surface area contributed by atoms with E-state index in [4.69, 9.17) is 0 Å². The Morgan fingerprint density at radius 3 is 2.69 bits per heavy atom. The predicted molar refractivity (Wildman–Crippen MR) is 55.8 cm³/mol. The van der Waals surface area contributed by atoms with Crippen LogP contribution in [0, 0.1) is 17.7 Å². The Hall–Kier alpha value is -1.86. The number of aliphatic hydroxyl groups excluding tert-OH is 1. The molecule has 1 aromatic rings. The molecule has 4 heteroatoms. The zero-order valence-electron chi connectivity index (χ0n) is 8.74. The highest BCUT2D eigenvalue weighted by Gasteiger charge is 2.04. The molecule has 0 aliphatic heterocycles. The summed E-state index contributed by atoms with van der Waals surface area (Å²) >= 11 is 0. The minimum atomic E-state index is -1.12. The van der Waals surface area contributed by atoms with Crippen LogP contribution in [0.15, 0.2) is 24.3 Å². The molecular formula is C12H11FO3. The first-order valence-corrected chi connectivity index (χ1v) is 4.75. The molecule has 1 rings (SSSR count). The Morgan fingerprint density at radius 2 is 2.12 bits per heavy atom. The van der Waals surface area contributed by atoms with Gasteiger partial charge in [0.25, 0.3) is 0 Å². The van der Waals surface area contributed by atoms with E-state index in [0.29, 0.717) is 5.56 Å².